The van der Waals surface area contributed by atoms with Crippen LogP contribution < -0.4 is 11.2 Å². The molecule has 0 bridgehead atoms. The highest BCUT2D eigenvalue weighted by Gasteiger charge is 2.46. The smallest absolute Gasteiger partial charge is 0.331 e. The van der Waals surface area contributed by atoms with E-state index in [1.165, 1.54) is 0 Å². The molecule has 2 saturated heterocycles. The molecule has 8 nitrogen and oxygen atoms in total. The van der Waals surface area contributed by atoms with Gasteiger partial charge in [0, 0.05) is 24.1 Å². The van der Waals surface area contributed by atoms with Crippen molar-refractivity contribution in [3.05, 3.63) is 68.0 Å². The molecule has 0 aliphatic carbocycles. The van der Waals surface area contributed by atoms with Crippen LogP contribution in [-0.4, -0.2) is 34.5 Å². The second kappa shape index (κ2) is 7.77. The first kappa shape index (κ1) is 21.0. The lowest BCUT2D eigenvalue weighted by atomic mass is 10.1. The highest BCUT2D eigenvalue weighted by Crippen LogP contribution is 2.56. The zero-order valence-corrected chi connectivity index (χ0v) is 16.0. The molecule has 4 rings (SSSR count). The topological polar surface area (TPSA) is 99.6 Å². The summed E-state index contributed by atoms with van der Waals surface area (Å²) in [7, 11) is -3.77. The number of halogens is 4. The van der Waals surface area contributed by atoms with Gasteiger partial charge in [0.1, 0.15) is 29.8 Å². The Morgan fingerprint density at radius 1 is 1.10 bits per heavy atom. The molecule has 1 aromatic heterocycles. The second-order valence-corrected chi connectivity index (χ2v) is 9.02. The number of ether oxygens (including phenoxy) is 1. The Morgan fingerprint density at radius 2 is 1.80 bits per heavy atom. The molecule has 1 N–H and O–H groups in total. The SMILES string of the molecule is O=c1[nH]c(=O)n([C@H]2C[C@@H]3OP(=O)(CCc4c(F)cc(F)cc4F)OC[C@H]3O2)cc1F. The molecule has 1 aromatic carbocycles. The van der Waals surface area contributed by atoms with Gasteiger partial charge in [0.05, 0.1) is 25.1 Å². The first-order valence-electron chi connectivity index (χ1n) is 8.87. The van der Waals surface area contributed by atoms with E-state index in [1.54, 1.807) is 4.98 Å². The summed E-state index contributed by atoms with van der Waals surface area (Å²) in [6.45, 7) is -0.187. The van der Waals surface area contributed by atoms with Gasteiger partial charge in [-0.3, -0.25) is 18.9 Å². The fourth-order valence-electron chi connectivity index (χ4n) is 3.41. The zero-order valence-electron chi connectivity index (χ0n) is 15.1. The molecule has 2 aromatic rings. The van der Waals surface area contributed by atoms with Crippen molar-refractivity contribution in [1.82, 2.24) is 9.55 Å². The van der Waals surface area contributed by atoms with Gasteiger partial charge in [0.2, 0.25) is 5.82 Å². The fourth-order valence-corrected chi connectivity index (χ4v) is 5.21. The standard InChI is InChI=1S/C17H15F4N2O6P/c18-8-3-10(19)9(11(20)4-8)1-2-30(26)27-7-14-13(29-30)5-15(28-14)23-6-12(21)16(24)22-17(23)25/h3-4,6,13-15H,1-2,5,7H2,(H,22,24,25)/t13-,14+,15+,30?/m0/s1. The number of nitrogens with zero attached hydrogens (tertiary/aromatic N) is 1. The van der Waals surface area contributed by atoms with Crippen LogP contribution in [0.25, 0.3) is 0 Å². The zero-order chi connectivity index (χ0) is 21.6. The quantitative estimate of drug-likeness (QED) is 0.567. The summed E-state index contributed by atoms with van der Waals surface area (Å²) in [6.07, 6.45) is -2.54. The predicted molar refractivity (Wildman–Crippen MR) is 93.1 cm³/mol. The molecular weight excluding hydrogens is 435 g/mol. The molecule has 30 heavy (non-hydrogen) atoms. The lowest BCUT2D eigenvalue weighted by Gasteiger charge is -2.31. The molecule has 4 atom stereocenters. The molecule has 2 fully saturated rings. The van der Waals surface area contributed by atoms with Gasteiger partial charge < -0.3 is 13.8 Å². The number of hydrogen-bond donors (Lipinski definition) is 1. The van der Waals surface area contributed by atoms with Crippen LogP contribution in [0.1, 0.15) is 18.2 Å². The predicted octanol–water partition coefficient (Wildman–Crippen LogP) is 2.23. The maximum Gasteiger partial charge on any atom is 0.331 e. The number of benzene rings is 1. The lowest BCUT2D eigenvalue weighted by molar-refractivity contribution is -0.0589. The Bertz CT molecular complexity index is 1130. The molecule has 3 heterocycles. The second-order valence-electron chi connectivity index (χ2n) is 6.88. The number of hydrogen-bond acceptors (Lipinski definition) is 6. The van der Waals surface area contributed by atoms with E-state index in [-0.39, 0.29) is 25.6 Å². The Kier molecular flexibility index (Phi) is 5.43. The van der Waals surface area contributed by atoms with Gasteiger partial charge >= 0.3 is 13.3 Å². The third-order valence-electron chi connectivity index (χ3n) is 4.89. The Morgan fingerprint density at radius 3 is 2.50 bits per heavy atom. The van der Waals surface area contributed by atoms with Crippen molar-refractivity contribution in [2.75, 3.05) is 12.8 Å². The maximum absolute atomic E-state index is 13.8. The summed E-state index contributed by atoms with van der Waals surface area (Å²) in [6, 6.07) is 1.03. The molecular formula is C17H15F4N2O6P. The van der Waals surface area contributed by atoms with Crippen molar-refractivity contribution in [3.8, 4) is 0 Å². The van der Waals surface area contributed by atoms with E-state index in [4.69, 9.17) is 13.8 Å². The van der Waals surface area contributed by atoms with E-state index in [0.717, 1.165) is 4.57 Å². The number of aromatic nitrogens is 2. The van der Waals surface area contributed by atoms with Crippen molar-refractivity contribution < 1.29 is 35.9 Å². The average Bonchev–Trinajstić information content (AvgIpc) is 3.06. The van der Waals surface area contributed by atoms with E-state index in [2.05, 4.69) is 0 Å². The highest BCUT2D eigenvalue weighted by molar-refractivity contribution is 7.53. The van der Waals surface area contributed by atoms with Crippen molar-refractivity contribution in [3.63, 3.8) is 0 Å². The van der Waals surface area contributed by atoms with Crippen LogP contribution in [0.3, 0.4) is 0 Å². The summed E-state index contributed by atoms with van der Waals surface area (Å²) >= 11 is 0. The molecule has 162 valence electrons. The summed E-state index contributed by atoms with van der Waals surface area (Å²) in [5, 5.41) is 0. The number of rotatable bonds is 4. The van der Waals surface area contributed by atoms with Crippen LogP contribution >= 0.6 is 7.60 Å². The number of aromatic amines is 1. The van der Waals surface area contributed by atoms with Crippen LogP contribution in [-0.2, 0) is 24.8 Å². The van der Waals surface area contributed by atoms with Gasteiger partial charge in [-0.05, 0) is 6.42 Å². The summed E-state index contributed by atoms with van der Waals surface area (Å²) in [5.41, 5.74) is -2.51. The Balaban J connectivity index is 1.46. The largest absolute Gasteiger partial charge is 0.349 e. The molecule has 1 unspecified atom stereocenters. The molecule has 2 aliphatic rings. The minimum absolute atomic E-state index is 0.00266. The van der Waals surface area contributed by atoms with Crippen LogP contribution in [0.15, 0.2) is 27.9 Å². The third kappa shape index (κ3) is 4.00. The number of nitrogens with one attached hydrogen (secondary N) is 1. The van der Waals surface area contributed by atoms with Crippen LogP contribution in [0.2, 0.25) is 0 Å². The molecule has 13 heteroatoms. The molecule has 2 aliphatic heterocycles. The molecule has 0 amide bonds. The van der Waals surface area contributed by atoms with Gasteiger partial charge in [-0.1, -0.05) is 0 Å². The van der Waals surface area contributed by atoms with Crippen molar-refractivity contribution in [2.45, 2.75) is 31.3 Å². The van der Waals surface area contributed by atoms with E-state index >= 15 is 0 Å². The van der Waals surface area contributed by atoms with Crippen molar-refractivity contribution in [2.24, 2.45) is 0 Å². The maximum atomic E-state index is 13.8. The van der Waals surface area contributed by atoms with Crippen LogP contribution in [0, 0.1) is 23.3 Å². The van der Waals surface area contributed by atoms with Crippen molar-refractivity contribution >= 4 is 7.60 Å². The number of H-pyrrole nitrogens is 1. The van der Waals surface area contributed by atoms with E-state index < -0.39 is 66.1 Å². The van der Waals surface area contributed by atoms with E-state index in [9.17, 15) is 31.7 Å². The fraction of sp³-hybridized carbons (Fsp3) is 0.412. The first-order valence-corrected chi connectivity index (χ1v) is 10.6. The highest BCUT2D eigenvalue weighted by atomic mass is 31.2. The van der Waals surface area contributed by atoms with Gasteiger partial charge in [0.15, 0.2) is 0 Å². The minimum Gasteiger partial charge on any atom is -0.349 e. The van der Waals surface area contributed by atoms with Gasteiger partial charge in [-0.25, -0.2) is 18.0 Å². The average molecular weight is 450 g/mol. The Labute approximate surface area is 165 Å². The van der Waals surface area contributed by atoms with Crippen LogP contribution in [0.5, 0.6) is 0 Å². The van der Waals surface area contributed by atoms with Crippen LogP contribution in [0.4, 0.5) is 17.6 Å². The van der Waals surface area contributed by atoms with Gasteiger partial charge in [-0.15, -0.1) is 0 Å². The third-order valence-corrected chi connectivity index (χ3v) is 6.79. The monoisotopic (exact) mass is 450 g/mol. The summed E-state index contributed by atoms with van der Waals surface area (Å²) in [4.78, 5) is 24.9. The van der Waals surface area contributed by atoms with E-state index in [1.807, 2.05) is 0 Å². The first-order chi connectivity index (χ1) is 14.1. The van der Waals surface area contributed by atoms with Crippen molar-refractivity contribution in [1.29, 1.82) is 0 Å². The summed E-state index contributed by atoms with van der Waals surface area (Å²) in [5.74, 6) is -4.48. The minimum atomic E-state index is -3.77. The summed E-state index contributed by atoms with van der Waals surface area (Å²) < 4.78 is 84.1. The number of fused-ring (bicyclic) bond motifs is 1. The van der Waals surface area contributed by atoms with Gasteiger partial charge in [0.25, 0.3) is 5.56 Å². The lowest BCUT2D eigenvalue weighted by Crippen LogP contribution is -2.34. The molecule has 0 radical (unpaired) electrons. The molecule has 0 saturated carbocycles. The van der Waals surface area contributed by atoms with E-state index in [0.29, 0.717) is 18.3 Å². The Hall–Kier alpha value is -2.27. The molecule has 0 spiro atoms. The normalized spacial score (nSPS) is 28.5. The van der Waals surface area contributed by atoms with Gasteiger partial charge in [-0.2, -0.15) is 4.39 Å².